The minimum absolute atomic E-state index is 0.175. The highest BCUT2D eigenvalue weighted by Gasteiger charge is 2.42. The summed E-state index contributed by atoms with van der Waals surface area (Å²) < 4.78 is 0. The second-order valence-electron chi connectivity index (χ2n) is 5.01. The van der Waals surface area contributed by atoms with E-state index in [9.17, 15) is 9.90 Å². The molecular weight excluding hydrogens is 226 g/mol. The number of unbranched alkanes of at least 4 members (excludes halogenated alkanes) is 1. The van der Waals surface area contributed by atoms with Gasteiger partial charge in [-0.2, -0.15) is 0 Å². The van der Waals surface area contributed by atoms with Crippen LogP contribution in [0.1, 0.15) is 32.1 Å². The average Bonchev–Trinajstić information content (AvgIpc) is 2.82. The lowest BCUT2D eigenvalue weighted by Crippen LogP contribution is -2.30. The lowest BCUT2D eigenvalue weighted by Gasteiger charge is -2.18. The van der Waals surface area contributed by atoms with Crippen LogP contribution in [0.25, 0.3) is 0 Å². The van der Waals surface area contributed by atoms with Gasteiger partial charge in [-0.25, -0.2) is 0 Å². The maximum Gasteiger partial charge on any atom is 0.222 e. The quantitative estimate of drug-likeness (QED) is 0.604. The standard InChI is InChI=1S/C12H20ClNO2/c13-6-2-1-3-12(16)14-7-9-4-5-11(15)10(9)8-14/h9-11,15H,1-8H2. The number of nitrogens with zero attached hydrogens (tertiary/aromatic N) is 1. The van der Waals surface area contributed by atoms with Crippen LogP contribution in [0.5, 0.6) is 0 Å². The molecule has 2 rings (SSSR count). The summed E-state index contributed by atoms with van der Waals surface area (Å²) in [5.41, 5.74) is 0. The third-order valence-corrected chi connectivity index (χ3v) is 4.21. The van der Waals surface area contributed by atoms with Gasteiger partial charge in [0.2, 0.25) is 5.91 Å². The van der Waals surface area contributed by atoms with Crippen LogP contribution in [-0.2, 0) is 4.79 Å². The van der Waals surface area contributed by atoms with Gasteiger partial charge in [0.05, 0.1) is 6.10 Å². The molecule has 92 valence electrons. The number of fused-ring (bicyclic) bond motifs is 1. The Morgan fingerprint density at radius 3 is 2.81 bits per heavy atom. The minimum Gasteiger partial charge on any atom is -0.393 e. The summed E-state index contributed by atoms with van der Waals surface area (Å²) in [6, 6.07) is 0. The number of alkyl halides is 1. The van der Waals surface area contributed by atoms with Crippen LogP contribution in [0.15, 0.2) is 0 Å². The van der Waals surface area contributed by atoms with E-state index in [4.69, 9.17) is 11.6 Å². The zero-order valence-corrected chi connectivity index (χ0v) is 10.3. The van der Waals surface area contributed by atoms with Gasteiger partial charge in [-0.1, -0.05) is 0 Å². The van der Waals surface area contributed by atoms with Crippen LogP contribution >= 0.6 is 11.6 Å². The molecule has 1 aliphatic carbocycles. The highest BCUT2D eigenvalue weighted by atomic mass is 35.5. The first-order chi connectivity index (χ1) is 7.72. The average molecular weight is 246 g/mol. The van der Waals surface area contributed by atoms with Gasteiger partial charge in [0.15, 0.2) is 0 Å². The molecule has 2 fully saturated rings. The number of carbonyl (C=O) groups is 1. The van der Waals surface area contributed by atoms with E-state index >= 15 is 0 Å². The van der Waals surface area contributed by atoms with E-state index in [1.807, 2.05) is 4.90 Å². The zero-order valence-electron chi connectivity index (χ0n) is 9.57. The second kappa shape index (κ2) is 5.37. The number of hydrogen-bond acceptors (Lipinski definition) is 2. The lowest BCUT2D eigenvalue weighted by molar-refractivity contribution is -0.130. The number of halogens is 1. The molecule has 3 nitrogen and oxygen atoms in total. The number of likely N-dealkylation sites (tertiary alicyclic amines) is 1. The van der Waals surface area contributed by atoms with E-state index in [-0.39, 0.29) is 12.0 Å². The van der Waals surface area contributed by atoms with Crippen molar-refractivity contribution >= 4 is 17.5 Å². The summed E-state index contributed by atoms with van der Waals surface area (Å²) in [5.74, 6) is 1.77. The molecule has 0 spiro atoms. The van der Waals surface area contributed by atoms with E-state index in [1.165, 1.54) is 0 Å². The van der Waals surface area contributed by atoms with Crippen molar-refractivity contribution in [2.75, 3.05) is 19.0 Å². The first-order valence-electron chi connectivity index (χ1n) is 6.24. The molecule has 16 heavy (non-hydrogen) atoms. The molecule has 3 unspecified atom stereocenters. The molecule has 3 atom stereocenters. The van der Waals surface area contributed by atoms with Gasteiger partial charge in [-0.15, -0.1) is 11.6 Å². The Bertz CT molecular complexity index is 259. The molecule has 0 aromatic heterocycles. The van der Waals surface area contributed by atoms with Crippen LogP contribution in [0.2, 0.25) is 0 Å². The summed E-state index contributed by atoms with van der Waals surface area (Å²) in [4.78, 5) is 13.8. The fourth-order valence-corrected chi connectivity index (χ4v) is 3.16. The molecule has 4 heteroatoms. The maximum absolute atomic E-state index is 11.9. The van der Waals surface area contributed by atoms with Gasteiger partial charge >= 0.3 is 0 Å². The van der Waals surface area contributed by atoms with Gasteiger partial charge in [0.25, 0.3) is 0 Å². The summed E-state index contributed by atoms with van der Waals surface area (Å²) in [6.07, 6.45) is 4.24. The Morgan fingerprint density at radius 2 is 2.12 bits per heavy atom. The van der Waals surface area contributed by atoms with Crippen LogP contribution in [-0.4, -0.2) is 41.0 Å². The van der Waals surface area contributed by atoms with Crippen molar-refractivity contribution in [2.24, 2.45) is 11.8 Å². The molecule has 1 heterocycles. The molecule has 0 radical (unpaired) electrons. The number of carbonyl (C=O) groups excluding carboxylic acids is 1. The predicted octanol–water partition coefficient (Wildman–Crippen LogP) is 1.62. The predicted molar refractivity (Wildman–Crippen MR) is 63.4 cm³/mol. The Hall–Kier alpha value is -0.280. The molecule has 1 amide bonds. The number of rotatable bonds is 4. The molecule has 0 bridgehead atoms. The second-order valence-corrected chi connectivity index (χ2v) is 5.39. The monoisotopic (exact) mass is 245 g/mol. The van der Waals surface area contributed by atoms with Gasteiger partial charge in [-0.3, -0.25) is 4.79 Å². The van der Waals surface area contributed by atoms with Gasteiger partial charge < -0.3 is 10.0 Å². The molecule has 1 aliphatic heterocycles. The van der Waals surface area contributed by atoms with Crippen molar-refractivity contribution in [1.82, 2.24) is 4.90 Å². The topological polar surface area (TPSA) is 40.5 Å². The zero-order chi connectivity index (χ0) is 11.5. The van der Waals surface area contributed by atoms with Crippen molar-refractivity contribution in [3.8, 4) is 0 Å². The third-order valence-electron chi connectivity index (χ3n) is 3.95. The lowest BCUT2D eigenvalue weighted by atomic mass is 10.00. The van der Waals surface area contributed by atoms with Crippen molar-refractivity contribution in [3.05, 3.63) is 0 Å². The van der Waals surface area contributed by atoms with E-state index in [2.05, 4.69) is 0 Å². The highest BCUT2D eigenvalue weighted by Crippen LogP contribution is 2.38. The summed E-state index contributed by atoms with van der Waals surface area (Å²) in [6.45, 7) is 1.63. The van der Waals surface area contributed by atoms with E-state index < -0.39 is 0 Å². The first-order valence-corrected chi connectivity index (χ1v) is 6.77. The van der Waals surface area contributed by atoms with E-state index in [0.29, 0.717) is 24.1 Å². The van der Waals surface area contributed by atoms with Crippen molar-refractivity contribution in [1.29, 1.82) is 0 Å². The fourth-order valence-electron chi connectivity index (χ4n) is 2.97. The van der Waals surface area contributed by atoms with E-state index in [0.717, 1.165) is 38.8 Å². The third kappa shape index (κ3) is 2.51. The maximum atomic E-state index is 11.9. The minimum atomic E-state index is -0.175. The summed E-state index contributed by atoms with van der Waals surface area (Å²) >= 11 is 5.58. The van der Waals surface area contributed by atoms with Crippen molar-refractivity contribution in [3.63, 3.8) is 0 Å². The van der Waals surface area contributed by atoms with Crippen LogP contribution in [0.4, 0.5) is 0 Å². The SMILES string of the molecule is O=C(CCCCCl)N1CC2CCC(O)C2C1. The fraction of sp³-hybridized carbons (Fsp3) is 0.917. The molecule has 0 aromatic rings. The molecule has 2 aliphatic rings. The molecule has 0 aromatic carbocycles. The highest BCUT2D eigenvalue weighted by molar-refractivity contribution is 6.17. The number of amides is 1. The molecular formula is C12H20ClNO2. The van der Waals surface area contributed by atoms with Gasteiger partial charge in [0.1, 0.15) is 0 Å². The number of aliphatic hydroxyl groups is 1. The van der Waals surface area contributed by atoms with E-state index in [1.54, 1.807) is 0 Å². The number of aliphatic hydroxyl groups excluding tert-OH is 1. The van der Waals surface area contributed by atoms with Crippen molar-refractivity contribution in [2.45, 2.75) is 38.2 Å². The normalized spacial score (nSPS) is 33.1. The largest absolute Gasteiger partial charge is 0.393 e. The summed E-state index contributed by atoms with van der Waals surface area (Å²) in [5, 5.41) is 9.76. The molecule has 1 N–H and O–H groups in total. The number of hydrogen-bond donors (Lipinski definition) is 1. The van der Waals surface area contributed by atoms with Gasteiger partial charge in [0, 0.05) is 31.3 Å². The smallest absolute Gasteiger partial charge is 0.222 e. The van der Waals surface area contributed by atoms with Crippen LogP contribution < -0.4 is 0 Å². The Kier molecular flexibility index (Phi) is 4.09. The summed E-state index contributed by atoms with van der Waals surface area (Å²) in [7, 11) is 0. The molecule has 1 saturated heterocycles. The van der Waals surface area contributed by atoms with Crippen molar-refractivity contribution < 1.29 is 9.90 Å². The first kappa shape index (κ1) is 12.2. The Morgan fingerprint density at radius 1 is 1.31 bits per heavy atom. The Balaban J connectivity index is 1.78. The molecule has 1 saturated carbocycles. The van der Waals surface area contributed by atoms with Crippen LogP contribution in [0.3, 0.4) is 0 Å². The van der Waals surface area contributed by atoms with Gasteiger partial charge in [-0.05, 0) is 31.6 Å². The Labute approximate surface area is 102 Å². The van der Waals surface area contributed by atoms with Crippen LogP contribution in [0, 0.1) is 11.8 Å².